The van der Waals surface area contributed by atoms with Crippen LogP contribution in [0.25, 0.3) is 0 Å². The number of halogens is 1. The summed E-state index contributed by atoms with van der Waals surface area (Å²) < 4.78 is 24.3. The lowest BCUT2D eigenvalue weighted by Crippen LogP contribution is -2.23. The molecule has 1 aromatic rings. The molecule has 1 fully saturated rings. The number of hydrogen-bond acceptors (Lipinski definition) is 5. The first-order chi connectivity index (χ1) is 8.39. The molecule has 0 spiro atoms. The molecular weight excluding hydrogens is 322 g/mol. The van der Waals surface area contributed by atoms with Crippen molar-refractivity contribution in [3.63, 3.8) is 0 Å². The Kier molecular flexibility index (Phi) is 3.76. The van der Waals surface area contributed by atoms with Crippen LogP contribution in [0.4, 0.5) is 5.69 Å². The minimum atomic E-state index is -2.86. The summed E-state index contributed by atoms with van der Waals surface area (Å²) in [4.78, 5) is 11.6. The molecule has 1 saturated heterocycles. The second-order valence-corrected chi connectivity index (χ2v) is 7.47. The number of hydrogen-bond donors (Lipinski definition) is 1. The third-order valence-corrected chi connectivity index (χ3v) is 5.59. The van der Waals surface area contributed by atoms with Crippen LogP contribution < -0.4 is 10.9 Å². The molecule has 1 aliphatic heterocycles. The molecule has 1 aliphatic rings. The zero-order valence-electron chi connectivity index (χ0n) is 9.89. The van der Waals surface area contributed by atoms with Gasteiger partial charge in [0.15, 0.2) is 9.84 Å². The molecule has 0 bridgehead atoms. The Hall–Kier alpha value is -0.890. The number of aryl methyl sites for hydroxylation is 1. The van der Waals surface area contributed by atoms with Gasteiger partial charge in [-0.15, -0.1) is 0 Å². The summed E-state index contributed by atoms with van der Waals surface area (Å²) in [7, 11) is -1.29. The van der Waals surface area contributed by atoms with E-state index in [1.807, 2.05) is 0 Å². The lowest BCUT2D eigenvalue weighted by atomic mass is 10.1. The molecule has 0 aromatic carbocycles. The molecule has 1 aromatic heterocycles. The van der Waals surface area contributed by atoms with E-state index in [0.29, 0.717) is 23.1 Å². The van der Waals surface area contributed by atoms with Gasteiger partial charge in [0.25, 0.3) is 5.56 Å². The van der Waals surface area contributed by atoms with Crippen LogP contribution in [-0.2, 0) is 16.9 Å². The summed E-state index contributed by atoms with van der Waals surface area (Å²) in [6.45, 7) is 0.534. The SMILES string of the molecule is Cn1ncc(NCC2CCS(=O)(=O)C2)c(Br)c1=O. The van der Waals surface area contributed by atoms with Crippen molar-refractivity contribution in [3.05, 3.63) is 21.0 Å². The average Bonchev–Trinajstić information content (AvgIpc) is 2.65. The van der Waals surface area contributed by atoms with E-state index in [9.17, 15) is 13.2 Å². The van der Waals surface area contributed by atoms with E-state index in [1.165, 1.54) is 4.68 Å². The topological polar surface area (TPSA) is 81.1 Å². The Balaban J connectivity index is 2.04. The molecule has 100 valence electrons. The van der Waals surface area contributed by atoms with Crippen molar-refractivity contribution in [1.82, 2.24) is 9.78 Å². The minimum Gasteiger partial charge on any atom is -0.382 e. The number of anilines is 1. The second-order valence-electron chi connectivity index (χ2n) is 4.45. The maximum Gasteiger partial charge on any atom is 0.282 e. The van der Waals surface area contributed by atoms with Crippen molar-refractivity contribution in [2.24, 2.45) is 13.0 Å². The molecule has 0 radical (unpaired) electrons. The van der Waals surface area contributed by atoms with Gasteiger partial charge in [-0.05, 0) is 28.3 Å². The molecule has 2 heterocycles. The van der Waals surface area contributed by atoms with Crippen LogP contribution in [-0.4, -0.2) is 36.2 Å². The van der Waals surface area contributed by atoms with Crippen molar-refractivity contribution in [1.29, 1.82) is 0 Å². The largest absolute Gasteiger partial charge is 0.382 e. The molecule has 1 N–H and O–H groups in total. The summed E-state index contributed by atoms with van der Waals surface area (Å²) in [5.74, 6) is 0.580. The van der Waals surface area contributed by atoms with E-state index in [1.54, 1.807) is 13.2 Å². The average molecular weight is 336 g/mol. The fraction of sp³-hybridized carbons (Fsp3) is 0.600. The number of aromatic nitrogens is 2. The Bertz CT molecular complexity index is 611. The first-order valence-electron chi connectivity index (χ1n) is 5.55. The Morgan fingerprint density at radius 2 is 2.33 bits per heavy atom. The zero-order chi connectivity index (χ0) is 13.3. The van der Waals surface area contributed by atoms with E-state index in [4.69, 9.17) is 0 Å². The summed E-state index contributed by atoms with van der Waals surface area (Å²) in [6.07, 6.45) is 2.22. The van der Waals surface area contributed by atoms with Crippen molar-refractivity contribution in [2.45, 2.75) is 6.42 Å². The van der Waals surface area contributed by atoms with Gasteiger partial charge < -0.3 is 5.32 Å². The van der Waals surface area contributed by atoms with Crippen molar-refractivity contribution in [2.75, 3.05) is 23.4 Å². The lowest BCUT2D eigenvalue weighted by Gasteiger charge is -2.12. The number of rotatable bonds is 3. The maximum atomic E-state index is 11.6. The Morgan fingerprint density at radius 3 is 2.94 bits per heavy atom. The summed E-state index contributed by atoms with van der Waals surface area (Å²) in [6, 6.07) is 0. The van der Waals surface area contributed by atoms with Gasteiger partial charge in [-0.25, -0.2) is 13.1 Å². The molecule has 0 amide bonds. The van der Waals surface area contributed by atoms with E-state index < -0.39 is 9.84 Å². The van der Waals surface area contributed by atoms with Crippen LogP contribution in [0.15, 0.2) is 15.5 Å². The Labute approximate surface area is 113 Å². The molecule has 1 atom stereocenters. The summed E-state index contributed by atoms with van der Waals surface area (Å²) in [5.41, 5.74) is 0.376. The molecule has 8 heteroatoms. The van der Waals surface area contributed by atoms with E-state index in [0.717, 1.165) is 0 Å². The molecule has 6 nitrogen and oxygen atoms in total. The number of nitrogens with zero attached hydrogens (tertiary/aromatic N) is 2. The predicted octanol–water partition coefficient (Wildman–Crippen LogP) is 0.389. The van der Waals surface area contributed by atoms with Gasteiger partial charge in [0.2, 0.25) is 0 Å². The van der Waals surface area contributed by atoms with Crippen LogP contribution in [0.1, 0.15) is 6.42 Å². The highest BCUT2D eigenvalue weighted by atomic mass is 79.9. The molecule has 1 unspecified atom stereocenters. The van der Waals surface area contributed by atoms with Crippen LogP contribution in [0.3, 0.4) is 0 Å². The van der Waals surface area contributed by atoms with Crippen molar-refractivity contribution < 1.29 is 8.42 Å². The lowest BCUT2D eigenvalue weighted by molar-refractivity contribution is 0.595. The summed E-state index contributed by atoms with van der Waals surface area (Å²) >= 11 is 3.21. The van der Waals surface area contributed by atoms with Crippen molar-refractivity contribution >= 4 is 31.5 Å². The standard InChI is InChI=1S/C10H14BrN3O3S/c1-14-10(15)9(11)8(5-13-14)12-4-7-2-3-18(16,17)6-7/h5,7,12H,2-4,6H2,1H3. The van der Waals surface area contributed by atoms with Crippen LogP contribution in [0.2, 0.25) is 0 Å². The highest BCUT2D eigenvalue weighted by molar-refractivity contribution is 9.10. The highest BCUT2D eigenvalue weighted by Crippen LogP contribution is 2.21. The summed E-state index contributed by atoms with van der Waals surface area (Å²) in [5, 5.41) is 6.98. The zero-order valence-corrected chi connectivity index (χ0v) is 12.3. The quantitative estimate of drug-likeness (QED) is 0.864. The first kappa shape index (κ1) is 13.5. The van der Waals surface area contributed by atoms with Gasteiger partial charge in [-0.3, -0.25) is 4.79 Å². The van der Waals surface area contributed by atoms with E-state index in [2.05, 4.69) is 26.3 Å². The molecule has 0 aliphatic carbocycles. The number of sulfone groups is 1. The predicted molar refractivity (Wildman–Crippen MR) is 72.4 cm³/mol. The maximum absolute atomic E-state index is 11.6. The van der Waals surface area contributed by atoms with Gasteiger partial charge in [-0.1, -0.05) is 0 Å². The molecular formula is C10H14BrN3O3S. The van der Waals surface area contributed by atoms with Crippen LogP contribution in [0, 0.1) is 5.92 Å². The molecule has 18 heavy (non-hydrogen) atoms. The van der Waals surface area contributed by atoms with Crippen LogP contribution >= 0.6 is 15.9 Å². The van der Waals surface area contributed by atoms with E-state index in [-0.39, 0.29) is 23.0 Å². The molecule has 2 rings (SSSR count). The second kappa shape index (κ2) is 5.00. The van der Waals surface area contributed by atoms with E-state index >= 15 is 0 Å². The van der Waals surface area contributed by atoms with Gasteiger partial charge >= 0.3 is 0 Å². The fourth-order valence-corrected chi connectivity index (χ4v) is 4.28. The normalized spacial score (nSPS) is 22.0. The third-order valence-electron chi connectivity index (χ3n) is 2.99. The fourth-order valence-electron chi connectivity index (χ4n) is 1.92. The van der Waals surface area contributed by atoms with Gasteiger partial charge in [0.05, 0.1) is 23.4 Å². The number of nitrogens with one attached hydrogen (secondary N) is 1. The molecule has 0 saturated carbocycles. The monoisotopic (exact) mass is 335 g/mol. The van der Waals surface area contributed by atoms with Gasteiger partial charge in [0, 0.05) is 13.6 Å². The smallest absolute Gasteiger partial charge is 0.282 e. The minimum absolute atomic E-state index is 0.103. The highest BCUT2D eigenvalue weighted by Gasteiger charge is 2.27. The Morgan fingerprint density at radius 1 is 1.61 bits per heavy atom. The van der Waals surface area contributed by atoms with Crippen LogP contribution in [0.5, 0.6) is 0 Å². The van der Waals surface area contributed by atoms with Gasteiger partial charge in [0.1, 0.15) is 4.47 Å². The first-order valence-corrected chi connectivity index (χ1v) is 8.16. The third kappa shape index (κ3) is 2.92. The van der Waals surface area contributed by atoms with Gasteiger partial charge in [-0.2, -0.15) is 5.10 Å². The van der Waals surface area contributed by atoms with Crippen molar-refractivity contribution in [3.8, 4) is 0 Å².